The number of piperidine rings is 1. The molecule has 146 valence electrons. The molecule has 0 bridgehead atoms. The normalized spacial score (nSPS) is 18.0. The summed E-state index contributed by atoms with van der Waals surface area (Å²) in [6.07, 6.45) is 4.42. The van der Waals surface area contributed by atoms with Crippen molar-refractivity contribution < 1.29 is 9.32 Å². The van der Waals surface area contributed by atoms with Gasteiger partial charge in [-0.05, 0) is 50.3 Å². The number of amides is 1. The van der Waals surface area contributed by atoms with Crippen molar-refractivity contribution in [2.45, 2.75) is 51.5 Å². The van der Waals surface area contributed by atoms with E-state index in [1.165, 1.54) is 5.56 Å². The zero-order valence-corrected chi connectivity index (χ0v) is 16.7. The molecule has 2 aromatic rings. The van der Waals surface area contributed by atoms with Crippen molar-refractivity contribution in [3.05, 3.63) is 53.4 Å². The Morgan fingerprint density at radius 2 is 2.11 bits per heavy atom. The van der Waals surface area contributed by atoms with E-state index >= 15 is 0 Å². The fraction of sp³-hybridized carbons (Fsp3) is 0.545. The smallest absolute Gasteiger partial charge is 0.292 e. The average Bonchev–Trinajstić information content (AvgIpc) is 3.18. The standard InChI is InChI=1S/C22H31N3O2/c1-17(2)20-15-21(27-23-20)22(26)24(3)19-12-8-14-25(16-19)13-7-11-18-9-5-4-6-10-18/h4-6,9-10,15,17,19H,7-8,11-14,16H2,1-3H3. The molecule has 1 amide bonds. The van der Waals surface area contributed by atoms with E-state index in [0.29, 0.717) is 5.76 Å². The number of aromatic nitrogens is 1. The summed E-state index contributed by atoms with van der Waals surface area (Å²) in [6.45, 7) is 7.22. The van der Waals surface area contributed by atoms with Gasteiger partial charge in [-0.15, -0.1) is 0 Å². The first-order chi connectivity index (χ1) is 13.0. The van der Waals surface area contributed by atoms with Crippen molar-refractivity contribution in [3.8, 4) is 0 Å². The third-order valence-corrected chi connectivity index (χ3v) is 5.46. The first kappa shape index (κ1) is 19.6. The summed E-state index contributed by atoms with van der Waals surface area (Å²) in [5, 5.41) is 4.02. The molecule has 1 aromatic carbocycles. The van der Waals surface area contributed by atoms with Crippen molar-refractivity contribution in [1.82, 2.24) is 15.0 Å². The molecule has 1 fully saturated rings. The van der Waals surface area contributed by atoms with Crippen LogP contribution in [-0.4, -0.2) is 53.6 Å². The minimum atomic E-state index is -0.0643. The lowest BCUT2D eigenvalue weighted by atomic mass is 10.0. The highest BCUT2D eigenvalue weighted by Crippen LogP contribution is 2.20. The van der Waals surface area contributed by atoms with Gasteiger partial charge in [0.2, 0.25) is 5.76 Å². The predicted octanol–water partition coefficient (Wildman–Crippen LogP) is 3.97. The highest BCUT2D eigenvalue weighted by molar-refractivity contribution is 5.91. The van der Waals surface area contributed by atoms with Gasteiger partial charge in [-0.3, -0.25) is 4.79 Å². The molecule has 3 rings (SSSR count). The summed E-state index contributed by atoms with van der Waals surface area (Å²) in [4.78, 5) is 17.1. The average molecular weight is 370 g/mol. The highest BCUT2D eigenvalue weighted by atomic mass is 16.5. The molecule has 1 saturated heterocycles. The molecule has 0 saturated carbocycles. The number of likely N-dealkylation sites (N-methyl/N-ethyl adjacent to an activating group) is 1. The van der Waals surface area contributed by atoms with E-state index in [9.17, 15) is 4.79 Å². The van der Waals surface area contributed by atoms with Crippen molar-refractivity contribution in [2.75, 3.05) is 26.7 Å². The number of nitrogens with zero attached hydrogens (tertiary/aromatic N) is 3. The summed E-state index contributed by atoms with van der Waals surface area (Å²) in [6, 6.07) is 12.6. The van der Waals surface area contributed by atoms with Crippen LogP contribution in [-0.2, 0) is 6.42 Å². The zero-order chi connectivity index (χ0) is 19.2. The first-order valence-electron chi connectivity index (χ1n) is 10.0. The van der Waals surface area contributed by atoms with Crippen LogP contribution in [0, 0.1) is 0 Å². The Kier molecular flexibility index (Phi) is 6.67. The topological polar surface area (TPSA) is 49.6 Å². The molecule has 2 heterocycles. The molecule has 1 aromatic heterocycles. The van der Waals surface area contributed by atoms with Crippen LogP contribution in [0.1, 0.15) is 60.8 Å². The lowest BCUT2D eigenvalue weighted by Gasteiger charge is -2.37. The van der Waals surface area contributed by atoms with Gasteiger partial charge in [0, 0.05) is 25.7 Å². The Bertz CT molecular complexity index is 726. The summed E-state index contributed by atoms with van der Waals surface area (Å²) in [5.41, 5.74) is 2.22. The Labute approximate surface area is 162 Å². The van der Waals surface area contributed by atoms with E-state index in [4.69, 9.17) is 4.52 Å². The van der Waals surface area contributed by atoms with Gasteiger partial charge in [0.1, 0.15) is 0 Å². The number of rotatable bonds is 7. The lowest BCUT2D eigenvalue weighted by Crippen LogP contribution is -2.48. The summed E-state index contributed by atoms with van der Waals surface area (Å²) < 4.78 is 5.29. The highest BCUT2D eigenvalue weighted by Gasteiger charge is 2.28. The van der Waals surface area contributed by atoms with Gasteiger partial charge in [-0.25, -0.2) is 0 Å². The van der Waals surface area contributed by atoms with Crippen molar-refractivity contribution in [3.63, 3.8) is 0 Å². The van der Waals surface area contributed by atoms with E-state index < -0.39 is 0 Å². The number of hydrogen-bond acceptors (Lipinski definition) is 4. The van der Waals surface area contributed by atoms with Gasteiger partial charge in [0.25, 0.3) is 5.91 Å². The van der Waals surface area contributed by atoms with Gasteiger partial charge in [-0.2, -0.15) is 0 Å². The van der Waals surface area contributed by atoms with E-state index in [-0.39, 0.29) is 17.9 Å². The van der Waals surface area contributed by atoms with Crippen molar-refractivity contribution >= 4 is 5.91 Å². The van der Waals surface area contributed by atoms with Gasteiger partial charge in [0.05, 0.1) is 5.69 Å². The van der Waals surface area contributed by atoms with E-state index in [1.807, 2.05) is 25.8 Å². The first-order valence-corrected chi connectivity index (χ1v) is 10.0. The second-order valence-electron chi connectivity index (χ2n) is 7.87. The monoisotopic (exact) mass is 369 g/mol. The van der Waals surface area contributed by atoms with Gasteiger partial charge >= 0.3 is 0 Å². The van der Waals surface area contributed by atoms with Crippen LogP contribution in [0.3, 0.4) is 0 Å². The van der Waals surface area contributed by atoms with Crippen molar-refractivity contribution in [2.24, 2.45) is 0 Å². The molecule has 5 heteroatoms. The summed E-state index contributed by atoms with van der Waals surface area (Å²) in [5.74, 6) is 0.545. The molecule has 0 spiro atoms. The molecule has 0 radical (unpaired) electrons. The SMILES string of the molecule is CC(C)c1cc(C(=O)N(C)C2CCCN(CCCc3ccccc3)C2)on1. The number of benzene rings is 1. The Hall–Kier alpha value is -2.14. The molecule has 5 nitrogen and oxygen atoms in total. The maximum absolute atomic E-state index is 12.8. The second-order valence-corrected chi connectivity index (χ2v) is 7.87. The minimum Gasteiger partial charge on any atom is -0.351 e. The molecule has 1 aliphatic heterocycles. The van der Waals surface area contributed by atoms with E-state index in [2.05, 4.69) is 40.4 Å². The lowest BCUT2D eigenvalue weighted by molar-refractivity contribution is 0.0578. The van der Waals surface area contributed by atoms with E-state index in [0.717, 1.165) is 51.0 Å². The molecular formula is C22H31N3O2. The number of aryl methyl sites for hydroxylation is 1. The fourth-order valence-corrected chi connectivity index (χ4v) is 3.70. The third-order valence-electron chi connectivity index (χ3n) is 5.46. The third kappa shape index (κ3) is 5.19. The fourth-order valence-electron chi connectivity index (χ4n) is 3.70. The summed E-state index contributed by atoms with van der Waals surface area (Å²) >= 11 is 0. The van der Waals surface area contributed by atoms with Crippen molar-refractivity contribution in [1.29, 1.82) is 0 Å². The predicted molar refractivity (Wildman–Crippen MR) is 107 cm³/mol. The zero-order valence-electron chi connectivity index (χ0n) is 16.7. The van der Waals surface area contributed by atoms with Crippen LogP contribution in [0.2, 0.25) is 0 Å². The Balaban J connectivity index is 1.51. The molecule has 1 aliphatic rings. The Morgan fingerprint density at radius 3 is 2.81 bits per heavy atom. The number of carbonyl (C=O) groups is 1. The molecular weight excluding hydrogens is 338 g/mol. The maximum Gasteiger partial charge on any atom is 0.292 e. The molecule has 1 unspecified atom stereocenters. The van der Waals surface area contributed by atoms with Crippen LogP contribution in [0.4, 0.5) is 0 Å². The number of likely N-dealkylation sites (tertiary alicyclic amines) is 1. The van der Waals surface area contributed by atoms with Gasteiger partial charge < -0.3 is 14.3 Å². The molecule has 1 atom stereocenters. The maximum atomic E-state index is 12.8. The summed E-state index contributed by atoms with van der Waals surface area (Å²) in [7, 11) is 1.89. The number of hydrogen-bond donors (Lipinski definition) is 0. The van der Waals surface area contributed by atoms with Crippen LogP contribution in [0.25, 0.3) is 0 Å². The second kappa shape index (κ2) is 9.18. The van der Waals surface area contributed by atoms with Crippen LogP contribution >= 0.6 is 0 Å². The minimum absolute atomic E-state index is 0.0643. The number of carbonyl (C=O) groups excluding carboxylic acids is 1. The Morgan fingerprint density at radius 1 is 1.33 bits per heavy atom. The van der Waals surface area contributed by atoms with E-state index in [1.54, 1.807) is 6.07 Å². The molecule has 0 aliphatic carbocycles. The van der Waals surface area contributed by atoms with Crippen LogP contribution in [0.15, 0.2) is 40.9 Å². The van der Waals surface area contributed by atoms with Crippen LogP contribution < -0.4 is 0 Å². The quantitative estimate of drug-likeness (QED) is 0.741. The molecule has 0 N–H and O–H groups in total. The van der Waals surface area contributed by atoms with Gasteiger partial charge in [0.15, 0.2) is 0 Å². The molecule has 27 heavy (non-hydrogen) atoms. The largest absolute Gasteiger partial charge is 0.351 e. The van der Waals surface area contributed by atoms with Crippen LogP contribution in [0.5, 0.6) is 0 Å². The van der Waals surface area contributed by atoms with Gasteiger partial charge in [-0.1, -0.05) is 49.3 Å².